The number of halogens is 1. The Morgan fingerprint density at radius 2 is 1.92 bits per heavy atom. The molecule has 2 aromatic rings. The van der Waals surface area contributed by atoms with Gasteiger partial charge in [-0.1, -0.05) is 54.8 Å². The number of thioether (sulfide) groups is 1. The summed E-state index contributed by atoms with van der Waals surface area (Å²) in [6, 6.07) is 11.7. The lowest BCUT2D eigenvalue weighted by Crippen LogP contribution is -2.43. The predicted octanol–water partition coefficient (Wildman–Crippen LogP) is 4.52. The maximum atomic E-state index is 13.4. The molecule has 11 heteroatoms. The summed E-state index contributed by atoms with van der Waals surface area (Å²) in [6.45, 7) is 0. The summed E-state index contributed by atoms with van der Waals surface area (Å²) < 4.78 is 5.29. The molecule has 0 unspecified atom stereocenters. The molecular weight excluding hydrogens is 526 g/mol. The van der Waals surface area contributed by atoms with Crippen LogP contribution in [0.15, 0.2) is 52.4 Å². The summed E-state index contributed by atoms with van der Waals surface area (Å²) in [4.78, 5) is 49.7. The Labute approximate surface area is 230 Å². The van der Waals surface area contributed by atoms with E-state index in [1.807, 2.05) is 24.3 Å². The van der Waals surface area contributed by atoms with Crippen LogP contribution in [0.3, 0.4) is 0 Å². The fourth-order valence-corrected chi connectivity index (χ4v) is 5.81. The van der Waals surface area contributed by atoms with Crippen LogP contribution in [0.2, 0.25) is 5.02 Å². The van der Waals surface area contributed by atoms with Crippen LogP contribution in [0.4, 0.5) is 11.4 Å². The third-order valence-electron chi connectivity index (χ3n) is 6.66. The molecule has 3 amide bonds. The van der Waals surface area contributed by atoms with E-state index in [0.29, 0.717) is 38.7 Å². The second kappa shape index (κ2) is 11.6. The van der Waals surface area contributed by atoms with Gasteiger partial charge in [-0.25, -0.2) is 9.89 Å². The number of hydrogen-bond donors (Lipinski definition) is 2. The van der Waals surface area contributed by atoms with Gasteiger partial charge in [-0.3, -0.25) is 19.4 Å². The predicted molar refractivity (Wildman–Crippen MR) is 149 cm³/mol. The molecule has 2 aromatic carbocycles. The molecule has 3 aliphatic rings. The van der Waals surface area contributed by atoms with Crippen molar-refractivity contribution in [2.24, 2.45) is 9.98 Å². The lowest BCUT2D eigenvalue weighted by molar-refractivity contribution is -0.129. The molecule has 0 spiro atoms. The molecular formula is C27H28ClN5O4S. The lowest BCUT2D eigenvalue weighted by Gasteiger charge is -2.25. The minimum absolute atomic E-state index is 0.0133. The fourth-order valence-electron chi connectivity index (χ4n) is 4.84. The van der Waals surface area contributed by atoms with Crippen molar-refractivity contribution in [1.29, 1.82) is 0 Å². The van der Waals surface area contributed by atoms with E-state index in [2.05, 4.69) is 20.6 Å². The van der Waals surface area contributed by atoms with Crippen LogP contribution >= 0.6 is 23.4 Å². The summed E-state index contributed by atoms with van der Waals surface area (Å²) in [5, 5.41) is 6.67. The first-order valence-electron chi connectivity index (χ1n) is 12.6. The summed E-state index contributed by atoms with van der Waals surface area (Å²) in [5.74, 6) is 0.113. The monoisotopic (exact) mass is 553 g/mol. The Hall–Kier alpha value is -3.37. The third-order valence-corrected chi connectivity index (χ3v) is 7.84. The van der Waals surface area contributed by atoms with Crippen molar-refractivity contribution in [1.82, 2.24) is 10.2 Å². The van der Waals surface area contributed by atoms with E-state index in [0.717, 1.165) is 37.4 Å². The molecule has 1 saturated carbocycles. The number of amides is 3. The minimum Gasteiger partial charge on any atom is -0.495 e. The van der Waals surface area contributed by atoms with Gasteiger partial charge in [0.1, 0.15) is 17.6 Å². The second-order valence-electron chi connectivity index (χ2n) is 9.34. The van der Waals surface area contributed by atoms with Crippen molar-refractivity contribution < 1.29 is 19.1 Å². The zero-order valence-electron chi connectivity index (χ0n) is 20.9. The molecule has 0 aromatic heterocycles. The summed E-state index contributed by atoms with van der Waals surface area (Å²) in [5.41, 5.74) is 1.82. The van der Waals surface area contributed by atoms with Crippen molar-refractivity contribution in [3.8, 4) is 5.75 Å². The molecule has 0 saturated heterocycles. The van der Waals surface area contributed by atoms with Gasteiger partial charge in [0.05, 0.1) is 30.7 Å². The van der Waals surface area contributed by atoms with Crippen LogP contribution in [-0.4, -0.2) is 58.6 Å². The number of methoxy groups -OCH3 is 1. The van der Waals surface area contributed by atoms with Crippen LogP contribution in [0.5, 0.6) is 5.75 Å². The Kier molecular flexibility index (Phi) is 7.99. The number of aliphatic imine (C=N–C) groups is 2. The van der Waals surface area contributed by atoms with Gasteiger partial charge >= 0.3 is 0 Å². The number of ether oxygens (including phenoxy) is 1. The van der Waals surface area contributed by atoms with Gasteiger partial charge in [0.25, 0.3) is 5.91 Å². The average Bonchev–Trinajstić information content (AvgIpc) is 3.24. The number of carbonyl (C=O) groups excluding carboxylic acids is 3. The fraction of sp³-hybridized carbons (Fsp3) is 0.370. The lowest BCUT2D eigenvalue weighted by atomic mass is 9.95. The molecule has 1 atom stereocenters. The number of carbonyl (C=O) groups is 3. The number of benzene rings is 2. The van der Waals surface area contributed by atoms with Gasteiger partial charge in [0.2, 0.25) is 11.8 Å². The van der Waals surface area contributed by atoms with Crippen molar-refractivity contribution in [2.45, 2.75) is 50.6 Å². The smallest absolute Gasteiger partial charge is 0.259 e. The molecule has 1 aliphatic carbocycles. The molecule has 9 nitrogen and oxygen atoms in total. The first kappa shape index (κ1) is 26.2. The molecule has 0 radical (unpaired) electrons. The standard InChI is InChI=1S/C27H28ClN5O4S/c1-37-22-12-11-16(28)13-20(22)30-24(35)15-38-27-32-19-10-6-5-9-18(19)25-31-21(26(36)33(25)27)14-23(34)29-17-7-3-2-4-8-17/h5-6,9-13,17,21H,2-4,7-8,14-15H2,1H3,(H,29,34)(H,30,35)/t21-/m0/s1. The Bertz CT molecular complexity index is 1320. The number of nitrogens with zero attached hydrogens (tertiary/aromatic N) is 3. The van der Waals surface area contributed by atoms with Crippen LogP contribution < -0.4 is 15.4 Å². The highest BCUT2D eigenvalue weighted by molar-refractivity contribution is 8.14. The molecule has 2 aliphatic heterocycles. The number of nitrogens with one attached hydrogen (secondary N) is 2. The van der Waals surface area contributed by atoms with Crippen LogP contribution in [0.1, 0.15) is 44.1 Å². The van der Waals surface area contributed by atoms with Crippen LogP contribution in [0.25, 0.3) is 0 Å². The van der Waals surface area contributed by atoms with Gasteiger partial charge in [-0.2, -0.15) is 0 Å². The zero-order valence-corrected chi connectivity index (χ0v) is 22.5. The molecule has 38 heavy (non-hydrogen) atoms. The van der Waals surface area contributed by atoms with Gasteiger partial charge < -0.3 is 15.4 Å². The molecule has 2 heterocycles. The number of amidine groups is 2. The van der Waals surface area contributed by atoms with Gasteiger partial charge in [0, 0.05) is 16.6 Å². The maximum absolute atomic E-state index is 13.4. The van der Waals surface area contributed by atoms with E-state index in [1.54, 1.807) is 18.2 Å². The van der Waals surface area contributed by atoms with Crippen molar-refractivity contribution in [3.63, 3.8) is 0 Å². The van der Waals surface area contributed by atoms with Gasteiger partial charge in [-0.05, 0) is 43.2 Å². The van der Waals surface area contributed by atoms with E-state index in [1.165, 1.54) is 18.4 Å². The average molecular weight is 554 g/mol. The SMILES string of the molecule is COc1ccc(Cl)cc1NC(=O)CSC1=Nc2ccccc2C2=N[C@@H](CC(=O)NC3CCCCC3)C(=O)N12. The highest BCUT2D eigenvalue weighted by Crippen LogP contribution is 2.34. The van der Waals surface area contributed by atoms with Crippen LogP contribution in [-0.2, 0) is 14.4 Å². The number of para-hydroxylation sites is 1. The normalized spacial score (nSPS) is 18.7. The Morgan fingerprint density at radius 1 is 1.13 bits per heavy atom. The summed E-state index contributed by atoms with van der Waals surface area (Å²) >= 11 is 7.19. The van der Waals surface area contributed by atoms with E-state index in [9.17, 15) is 14.4 Å². The third kappa shape index (κ3) is 5.71. The maximum Gasteiger partial charge on any atom is 0.259 e. The molecule has 2 N–H and O–H groups in total. The number of hydrogen-bond acceptors (Lipinski definition) is 7. The Balaban J connectivity index is 1.30. The number of anilines is 1. The van der Waals surface area contributed by atoms with E-state index in [4.69, 9.17) is 16.3 Å². The van der Waals surface area contributed by atoms with Crippen molar-refractivity contribution in [3.05, 3.63) is 53.1 Å². The largest absolute Gasteiger partial charge is 0.495 e. The number of rotatable bonds is 7. The highest BCUT2D eigenvalue weighted by atomic mass is 35.5. The molecule has 5 rings (SSSR count). The molecule has 198 valence electrons. The molecule has 0 bridgehead atoms. The van der Waals surface area contributed by atoms with Crippen LogP contribution in [0, 0.1) is 0 Å². The topological polar surface area (TPSA) is 112 Å². The molecule has 1 fully saturated rings. The van der Waals surface area contributed by atoms with Crippen molar-refractivity contribution >= 4 is 63.5 Å². The van der Waals surface area contributed by atoms with Gasteiger partial charge in [-0.15, -0.1) is 0 Å². The minimum atomic E-state index is -0.838. The highest BCUT2D eigenvalue weighted by Gasteiger charge is 2.42. The summed E-state index contributed by atoms with van der Waals surface area (Å²) in [6.07, 6.45) is 5.32. The van der Waals surface area contributed by atoms with Gasteiger partial charge in [0.15, 0.2) is 5.17 Å². The number of fused-ring (bicyclic) bond motifs is 3. The van der Waals surface area contributed by atoms with E-state index >= 15 is 0 Å². The zero-order chi connectivity index (χ0) is 26.6. The summed E-state index contributed by atoms with van der Waals surface area (Å²) in [7, 11) is 1.51. The quantitative estimate of drug-likeness (QED) is 0.523. The van der Waals surface area contributed by atoms with E-state index < -0.39 is 6.04 Å². The second-order valence-corrected chi connectivity index (χ2v) is 10.7. The first-order valence-corrected chi connectivity index (χ1v) is 13.9. The Morgan fingerprint density at radius 3 is 2.71 bits per heavy atom. The van der Waals surface area contributed by atoms with Crippen molar-refractivity contribution in [2.75, 3.05) is 18.2 Å². The van der Waals surface area contributed by atoms with E-state index in [-0.39, 0.29) is 35.9 Å². The first-order chi connectivity index (χ1) is 18.4.